The highest BCUT2D eigenvalue weighted by molar-refractivity contribution is 7.80. The third kappa shape index (κ3) is 3.08. The van der Waals surface area contributed by atoms with Crippen molar-refractivity contribution in [3.05, 3.63) is 29.3 Å². The molecule has 1 aliphatic heterocycles. The van der Waals surface area contributed by atoms with Crippen molar-refractivity contribution in [2.75, 3.05) is 5.01 Å². The molecule has 0 aliphatic carbocycles. The van der Waals surface area contributed by atoms with Gasteiger partial charge in [-0.05, 0) is 62.7 Å². The zero-order valence-electron chi connectivity index (χ0n) is 11.9. The first-order valence-corrected chi connectivity index (χ1v) is 6.91. The topological polar surface area (TPSA) is 64.6 Å². The SMILES string of the molecule is Cc1ccc(N2N[C@](C)(CCC(=O)O)NC2=S)cc1C. The lowest BCUT2D eigenvalue weighted by Gasteiger charge is -2.25. The van der Waals surface area contributed by atoms with Gasteiger partial charge < -0.3 is 10.4 Å². The van der Waals surface area contributed by atoms with Crippen LogP contribution in [0, 0.1) is 13.8 Å². The summed E-state index contributed by atoms with van der Waals surface area (Å²) in [5, 5.41) is 14.3. The van der Waals surface area contributed by atoms with Gasteiger partial charge >= 0.3 is 5.97 Å². The van der Waals surface area contributed by atoms with Crippen molar-refractivity contribution >= 4 is 29.0 Å². The molecule has 3 N–H and O–H groups in total. The van der Waals surface area contributed by atoms with Gasteiger partial charge in [-0.3, -0.25) is 9.80 Å². The van der Waals surface area contributed by atoms with E-state index in [9.17, 15) is 4.79 Å². The maximum Gasteiger partial charge on any atom is 0.303 e. The van der Waals surface area contributed by atoms with Crippen molar-refractivity contribution in [3.8, 4) is 0 Å². The van der Waals surface area contributed by atoms with Crippen LogP contribution < -0.4 is 15.8 Å². The Hall–Kier alpha value is -1.66. The third-order valence-corrected chi connectivity index (χ3v) is 3.82. The molecule has 0 radical (unpaired) electrons. The van der Waals surface area contributed by atoms with Crippen LogP contribution in [0.1, 0.15) is 30.9 Å². The fraction of sp³-hybridized carbons (Fsp3) is 0.429. The van der Waals surface area contributed by atoms with Crippen LogP contribution in [0.5, 0.6) is 0 Å². The van der Waals surface area contributed by atoms with Gasteiger partial charge in [0.15, 0.2) is 5.11 Å². The third-order valence-electron chi connectivity index (χ3n) is 3.53. The molecule has 0 saturated carbocycles. The molecule has 1 aliphatic rings. The zero-order valence-corrected chi connectivity index (χ0v) is 12.7. The minimum atomic E-state index is -0.814. The van der Waals surface area contributed by atoms with E-state index in [0.29, 0.717) is 11.5 Å². The van der Waals surface area contributed by atoms with E-state index in [1.54, 1.807) is 5.01 Å². The highest BCUT2D eigenvalue weighted by atomic mass is 32.1. The molecule has 1 aromatic rings. The number of hydrogen-bond acceptors (Lipinski definition) is 3. The zero-order chi connectivity index (χ0) is 14.9. The molecule has 1 heterocycles. The standard InChI is InChI=1S/C14H19N3O2S/c1-9-4-5-11(8-10(9)2)17-13(20)15-14(3,16-17)7-6-12(18)19/h4-5,8,16H,6-7H2,1-3H3,(H,15,20)(H,18,19)/t14-/m1/s1. The lowest BCUT2D eigenvalue weighted by molar-refractivity contribution is -0.137. The number of anilines is 1. The summed E-state index contributed by atoms with van der Waals surface area (Å²) in [7, 11) is 0. The van der Waals surface area contributed by atoms with E-state index in [1.807, 2.05) is 19.1 Å². The predicted molar refractivity (Wildman–Crippen MR) is 82.5 cm³/mol. The van der Waals surface area contributed by atoms with Crippen LogP contribution in [-0.4, -0.2) is 21.9 Å². The molecule has 20 heavy (non-hydrogen) atoms. The fourth-order valence-corrected chi connectivity index (χ4v) is 2.52. The van der Waals surface area contributed by atoms with Crippen LogP contribution in [0.3, 0.4) is 0 Å². The Kier molecular flexibility index (Phi) is 3.96. The summed E-state index contributed by atoms with van der Waals surface area (Å²) in [5.74, 6) is -0.814. The molecule has 6 heteroatoms. The molecule has 5 nitrogen and oxygen atoms in total. The molecule has 1 aromatic carbocycles. The molecule has 1 fully saturated rings. The number of thiocarbonyl (C=S) groups is 1. The van der Waals surface area contributed by atoms with Crippen molar-refractivity contribution < 1.29 is 9.90 Å². The van der Waals surface area contributed by atoms with E-state index in [4.69, 9.17) is 17.3 Å². The number of carboxylic acid groups (broad SMARTS) is 1. The molecular formula is C14H19N3O2S. The van der Waals surface area contributed by atoms with Crippen LogP contribution in [0.15, 0.2) is 18.2 Å². The van der Waals surface area contributed by atoms with Gasteiger partial charge in [-0.1, -0.05) is 6.07 Å². The Bertz CT molecular complexity index is 561. The number of benzene rings is 1. The summed E-state index contributed by atoms with van der Waals surface area (Å²) in [6.45, 7) is 6.02. The first kappa shape index (κ1) is 14.7. The molecule has 0 amide bonds. The number of carbonyl (C=O) groups is 1. The van der Waals surface area contributed by atoms with Crippen LogP contribution in [0.25, 0.3) is 0 Å². The molecule has 0 bridgehead atoms. The summed E-state index contributed by atoms with van der Waals surface area (Å²) in [5.41, 5.74) is 6.08. The average Bonchev–Trinajstić information content (AvgIpc) is 2.67. The van der Waals surface area contributed by atoms with Crippen LogP contribution in [-0.2, 0) is 4.79 Å². The van der Waals surface area contributed by atoms with Gasteiger partial charge in [0, 0.05) is 6.42 Å². The molecule has 0 aromatic heterocycles. The van der Waals surface area contributed by atoms with Gasteiger partial charge in [0.2, 0.25) is 0 Å². The first-order valence-electron chi connectivity index (χ1n) is 6.50. The van der Waals surface area contributed by atoms with E-state index in [-0.39, 0.29) is 6.42 Å². The lowest BCUT2D eigenvalue weighted by atomic mass is 10.1. The normalized spacial score (nSPS) is 21.9. The van der Waals surface area contributed by atoms with Gasteiger partial charge in [-0.25, -0.2) is 5.43 Å². The molecule has 1 saturated heterocycles. The van der Waals surface area contributed by atoms with Crippen molar-refractivity contribution in [3.63, 3.8) is 0 Å². The van der Waals surface area contributed by atoms with Crippen molar-refractivity contribution in [1.82, 2.24) is 10.7 Å². The van der Waals surface area contributed by atoms with Gasteiger partial charge in [0.1, 0.15) is 5.66 Å². The van der Waals surface area contributed by atoms with Gasteiger partial charge in [-0.2, -0.15) is 0 Å². The summed E-state index contributed by atoms with van der Waals surface area (Å²) in [4.78, 5) is 10.7. The number of carboxylic acids is 1. The van der Waals surface area contributed by atoms with E-state index >= 15 is 0 Å². The Labute approximate surface area is 123 Å². The minimum Gasteiger partial charge on any atom is -0.481 e. The summed E-state index contributed by atoms with van der Waals surface area (Å²) < 4.78 is 0. The summed E-state index contributed by atoms with van der Waals surface area (Å²) >= 11 is 5.33. The summed E-state index contributed by atoms with van der Waals surface area (Å²) in [6.07, 6.45) is 0.531. The number of aliphatic carboxylic acids is 1. The average molecular weight is 293 g/mol. The monoisotopic (exact) mass is 293 g/mol. The number of nitrogens with one attached hydrogen (secondary N) is 2. The molecular weight excluding hydrogens is 274 g/mol. The Morgan fingerprint density at radius 2 is 2.10 bits per heavy atom. The Morgan fingerprint density at radius 1 is 1.40 bits per heavy atom. The minimum absolute atomic E-state index is 0.0832. The number of hydrogen-bond donors (Lipinski definition) is 3. The second-order valence-electron chi connectivity index (χ2n) is 5.37. The molecule has 1 atom stereocenters. The maximum atomic E-state index is 10.7. The second kappa shape index (κ2) is 5.38. The van der Waals surface area contributed by atoms with E-state index in [1.165, 1.54) is 11.1 Å². The highest BCUT2D eigenvalue weighted by Crippen LogP contribution is 2.24. The molecule has 0 unspecified atom stereocenters. The first-order chi connectivity index (χ1) is 9.31. The van der Waals surface area contributed by atoms with Crippen LogP contribution >= 0.6 is 12.2 Å². The van der Waals surface area contributed by atoms with Gasteiger partial charge in [-0.15, -0.1) is 0 Å². The Morgan fingerprint density at radius 3 is 2.70 bits per heavy atom. The van der Waals surface area contributed by atoms with Crippen LogP contribution in [0.4, 0.5) is 5.69 Å². The van der Waals surface area contributed by atoms with Crippen molar-refractivity contribution in [2.45, 2.75) is 39.3 Å². The van der Waals surface area contributed by atoms with E-state index in [2.05, 4.69) is 30.7 Å². The lowest BCUT2D eigenvalue weighted by Crippen LogP contribution is -2.48. The molecule has 0 spiro atoms. The number of hydrazine groups is 1. The maximum absolute atomic E-state index is 10.7. The smallest absolute Gasteiger partial charge is 0.303 e. The van der Waals surface area contributed by atoms with Crippen molar-refractivity contribution in [1.29, 1.82) is 0 Å². The van der Waals surface area contributed by atoms with E-state index in [0.717, 1.165) is 5.69 Å². The van der Waals surface area contributed by atoms with E-state index < -0.39 is 11.6 Å². The predicted octanol–water partition coefficient (Wildman–Crippen LogP) is 2.08. The van der Waals surface area contributed by atoms with Crippen LogP contribution in [0.2, 0.25) is 0 Å². The molecule has 108 valence electrons. The number of rotatable bonds is 4. The quantitative estimate of drug-likeness (QED) is 0.739. The highest BCUT2D eigenvalue weighted by Gasteiger charge is 2.36. The number of nitrogens with zero attached hydrogens (tertiary/aromatic N) is 1. The van der Waals surface area contributed by atoms with Gasteiger partial charge in [0.25, 0.3) is 0 Å². The van der Waals surface area contributed by atoms with Crippen molar-refractivity contribution in [2.24, 2.45) is 0 Å². The fourth-order valence-electron chi connectivity index (χ4n) is 2.14. The van der Waals surface area contributed by atoms with Gasteiger partial charge in [0.05, 0.1) is 5.69 Å². The summed E-state index contributed by atoms with van der Waals surface area (Å²) in [6, 6.07) is 6.09. The number of aryl methyl sites for hydroxylation is 2. The second-order valence-corrected chi connectivity index (χ2v) is 5.76. The largest absolute Gasteiger partial charge is 0.481 e. The Balaban J connectivity index is 2.16. The molecule has 2 rings (SSSR count).